The highest BCUT2D eigenvalue weighted by Crippen LogP contribution is 2.32. The van der Waals surface area contributed by atoms with Crippen LogP contribution in [0.2, 0.25) is 5.02 Å². The Balaban J connectivity index is 1.56. The van der Waals surface area contributed by atoms with Crippen LogP contribution in [0.25, 0.3) is 22.0 Å². The maximum absolute atomic E-state index is 13.3. The first-order valence-electron chi connectivity index (χ1n) is 9.15. The lowest BCUT2D eigenvalue weighted by molar-refractivity contribution is -0.0494. The zero-order valence-electron chi connectivity index (χ0n) is 15.1. The second kappa shape index (κ2) is 7.18. The number of nitrogens with one attached hydrogen (secondary N) is 1. The lowest BCUT2D eigenvalue weighted by Gasteiger charge is -2.31. The predicted molar refractivity (Wildman–Crippen MR) is 107 cm³/mol. The van der Waals surface area contributed by atoms with Crippen LogP contribution in [-0.4, -0.2) is 34.8 Å². The summed E-state index contributed by atoms with van der Waals surface area (Å²) in [7, 11) is 0. The molecule has 3 N–H and O–H groups in total. The van der Waals surface area contributed by atoms with Gasteiger partial charge in [0.15, 0.2) is 0 Å². The van der Waals surface area contributed by atoms with Crippen LogP contribution in [0.5, 0.6) is 0 Å². The van der Waals surface area contributed by atoms with E-state index in [1.807, 2.05) is 30.3 Å². The van der Waals surface area contributed by atoms with E-state index in [4.69, 9.17) is 17.3 Å². The third-order valence-electron chi connectivity index (χ3n) is 5.20. The van der Waals surface area contributed by atoms with E-state index in [-0.39, 0.29) is 31.8 Å². The Kier molecular flexibility index (Phi) is 4.85. The number of amides is 1. The van der Waals surface area contributed by atoms with Crippen molar-refractivity contribution in [3.8, 4) is 11.1 Å². The third-order valence-corrected chi connectivity index (χ3v) is 5.50. The summed E-state index contributed by atoms with van der Waals surface area (Å²) in [6, 6.07) is 13.0. The van der Waals surface area contributed by atoms with Crippen molar-refractivity contribution in [2.24, 2.45) is 5.73 Å². The fourth-order valence-electron chi connectivity index (χ4n) is 3.56. The van der Waals surface area contributed by atoms with E-state index in [0.29, 0.717) is 17.1 Å². The van der Waals surface area contributed by atoms with Crippen molar-refractivity contribution in [3.05, 3.63) is 58.7 Å². The summed E-state index contributed by atoms with van der Waals surface area (Å²) >= 11 is 6.39. The number of hydrogen-bond donors (Lipinski definition) is 2. The first kappa shape index (κ1) is 18.9. The minimum atomic E-state index is -2.67. The highest BCUT2D eigenvalue weighted by molar-refractivity contribution is 6.35. The molecule has 4 nitrogen and oxygen atoms in total. The van der Waals surface area contributed by atoms with Crippen molar-refractivity contribution in [2.75, 3.05) is 13.1 Å². The van der Waals surface area contributed by atoms with Crippen molar-refractivity contribution < 1.29 is 13.6 Å². The Morgan fingerprint density at radius 2 is 1.79 bits per heavy atom. The van der Waals surface area contributed by atoms with Gasteiger partial charge in [0.2, 0.25) is 0 Å². The molecule has 1 amide bonds. The molecule has 1 aromatic heterocycles. The Labute approximate surface area is 166 Å². The van der Waals surface area contributed by atoms with Crippen LogP contribution in [0, 0.1) is 0 Å². The van der Waals surface area contributed by atoms with E-state index in [2.05, 4.69) is 4.98 Å². The van der Waals surface area contributed by atoms with Gasteiger partial charge in [-0.15, -0.1) is 0 Å². The minimum absolute atomic E-state index is 0.0802. The molecule has 0 spiro atoms. The number of alkyl halides is 2. The third kappa shape index (κ3) is 3.62. The molecule has 2 heterocycles. The molecule has 0 saturated carbocycles. The molecule has 0 atom stereocenters. The predicted octanol–water partition coefficient (Wildman–Crippen LogP) is 4.82. The summed E-state index contributed by atoms with van der Waals surface area (Å²) in [4.78, 5) is 17.3. The van der Waals surface area contributed by atoms with E-state index in [1.54, 1.807) is 12.1 Å². The van der Waals surface area contributed by atoms with E-state index in [0.717, 1.165) is 27.7 Å². The number of fused-ring (bicyclic) bond motifs is 1. The number of H-pyrrole nitrogens is 1. The maximum atomic E-state index is 13.3. The maximum Gasteiger partial charge on any atom is 0.253 e. The number of likely N-dealkylation sites (tertiary alicyclic amines) is 1. The molecule has 0 bridgehead atoms. The van der Waals surface area contributed by atoms with Crippen LogP contribution in [0.1, 0.15) is 28.9 Å². The topological polar surface area (TPSA) is 62.1 Å². The summed E-state index contributed by atoms with van der Waals surface area (Å²) in [5.41, 5.74) is 9.77. The average Bonchev–Trinajstić information content (AvgIpc) is 3.11. The van der Waals surface area contributed by atoms with Crippen molar-refractivity contribution in [1.29, 1.82) is 0 Å². The van der Waals surface area contributed by atoms with Crippen LogP contribution < -0.4 is 5.73 Å². The van der Waals surface area contributed by atoms with Gasteiger partial charge in [-0.05, 0) is 41.5 Å². The van der Waals surface area contributed by atoms with Gasteiger partial charge in [0, 0.05) is 49.1 Å². The first-order valence-corrected chi connectivity index (χ1v) is 9.53. The molecule has 7 heteroatoms. The van der Waals surface area contributed by atoms with Crippen LogP contribution in [0.4, 0.5) is 8.78 Å². The number of rotatable bonds is 3. The Hall–Kier alpha value is -2.44. The second-order valence-electron chi connectivity index (χ2n) is 7.15. The highest BCUT2D eigenvalue weighted by Gasteiger charge is 2.35. The van der Waals surface area contributed by atoms with Crippen LogP contribution in [0.15, 0.2) is 42.5 Å². The zero-order valence-corrected chi connectivity index (χ0v) is 15.9. The fraction of sp³-hybridized carbons (Fsp3) is 0.286. The SMILES string of the molecule is NCc1cc2cc(-c3ccc(C(=O)N4CCC(F)(F)CC4)cc3)cc(Cl)c2[nH]1. The minimum Gasteiger partial charge on any atom is -0.356 e. The van der Waals surface area contributed by atoms with Gasteiger partial charge >= 0.3 is 0 Å². The molecular formula is C21H20ClF2N3O. The van der Waals surface area contributed by atoms with Gasteiger partial charge in [-0.1, -0.05) is 23.7 Å². The number of nitrogens with zero attached hydrogens (tertiary/aromatic N) is 1. The second-order valence-corrected chi connectivity index (χ2v) is 7.55. The Morgan fingerprint density at radius 3 is 2.43 bits per heavy atom. The quantitative estimate of drug-likeness (QED) is 0.658. The molecule has 1 aliphatic rings. The van der Waals surface area contributed by atoms with Crippen LogP contribution in [-0.2, 0) is 6.54 Å². The molecule has 0 aliphatic carbocycles. The Bertz CT molecular complexity index is 1020. The summed E-state index contributed by atoms with van der Waals surface area (Å²) in [5, 5.41) is 1.57. The number of aromatic nitrogens is 1. The van der Waals surface area contributed by atoms with Gasteiger partial charge in [0.1, 0.15) is 0 Å². The number of aromatic amines is 1. The fourth-order valence-corrected chi connectivity index (χ4v) is 3.83. The number of nitrogens with two attached hydrogens (primary N) is 1. The van der Waals surface area contributed by atoms with E-state index < -0.39 is 5.92 Å². The van der Waals surface area contributed by atoms with Gasteiger partial charge in [-0.25, -0.2) is 8.78 Å². The lowest BCUT2D eigenvalue weighted by atomic mass is 10.0. The van der Waals surface area contributed by atoms with Gasteiger partial charge in [0.05, 0.1) is 10.5 Å². The highest BCUT2D eigenvalue weighted by atomic mass is 35.5. The van der Waals surface area contributed by atoms with E-state index in [1.165, 1.54) is 4.90 Å². The molecule has 1 aliphatic heterocycles. The van der Waals surface area contributed by atoms with Gasteiger partial charge < -0.3 is 15.6 Å². The number of hydrogen-bond acceptors (Lipinski definition) is 2. The average molecular weight is 404 g/mol. The van der Waals surface area contributed by atoms with Crippen molar-refractivity contribution in [1.82, 2.24) is 9.88 Å². The van der Waals surface area contributed by atoms with E-state index >= 15 is 0 Å². The number of carbonyl (C=O) groups excluding carboxylic acids is 1. The standard InChI is InChI=1S/C21H20ClF2N3O/c22-18-11-15(9-16-10-17(12-25)26-19(16)18)13-1-3-14(4-2-13)20(28)27-7-5-21(23,24)6-8-27/h1-4,9-11,26H,5-8,12,25H2. The molecule has 2 aromatic carbocycles. The summed E-state index contributed by atoms with van der Waals surface area (Å²) < 4.78 is 26.6. The van der Waals surface area contributed by atoms with Crippen molar-refractivity contribution >= 4 is 28.4 Å². The number of carbonyl (C=O) groups is 1. The number of benzene rings is 2. The smallest absolute Gasteiger partial charge is 0.253 e. The van der Waals surface area contributed by atoms with Gasteiger partial charge in [0.25, 0.3) is 11.8 Å². The summed E-state index contributed by atoms with van der Waals surface area (Å²) in [6.07, 6.45) is -0.562. The van der Waals surface area contributed by atoms with Crippen molar-refractivity contribution in [2.45, 2.75) is 25.3 Å². The largest absolute Gasteiger partial charge is 0.356 e. The lowest BCUT2D eigenvalue weighted by Crippen LogP contribution is -2.42. The monoisotopic (exact) mass is 403 g/mol. The molecule has 146 valence electrons. The summed E-state index contributed by atoms with van der Waals surface area (Å²) in [6.45, 7) is 0.563. The number of halogens is 3. The number of piperidine rings is 1. The first-order chi connectivity index (χ1) is 13.4. The van der Waals surface area contributed by atoms with Crippen LogP contribution in [0.3, 0.4) is 0 Å². The van der Waals surface area contributed by atoms with E-state index in [9.17, 15) is 13.6 Å². The molecule has 0 radical (unpaired) electrons. The Morgan fingerprint density at radius 1 is 1.11 bits per heavy atom. The molecule has 3 aromatic rings. The molecule has 0 unspecified atom stereocenters. The molecular weight excluding hydrogens is 384 g/mol. The van der Waals surface area contributed by atoms with Crippen LogP contribution >= 0.6 is 11.6 Å². The molecule has 1 saturated heterocycles. The molecule has 4 rings (SSSR count). The normalized spacial score (nSPS) is 16.5. The van der Waals surface area contributed by atoms with Gasteiger partial charge in [-0.3, -0.25) is 4.79 Å². The molecule has 28 heavy (non-hydrogen) atoms. The van der Waals surface area contributed by atoms with Crippen molar-refractivity contribution in [3.63, 3.8) is 0 Å². The van der Waals surface area contributed by atoms with Gasteiger partial charge in [-0.2, -0.15) is 0 Å². The summed E-state index contributed by atoms with van der Waals surface area (Å²) in [5.74, 6) is -2.88. The zero-order chi connectivity index (χ0) is 19.9. The molecule has 1 fully saturated rings.